The van der Waals surface area contributed by atoms with E-state index in [4.69, 9.17) is 4.74 Å². The summed E-state index contributed by atoms with van der Waals surface area (Å²) in [6.45, 7) is 6.96. The number of aryl methyl sites for hydroxylation is 1. The van der Waals surface area contributed by atoms with Crippen molar-refractivity contribution in [1.82, 2.24) is 5.32 Å². The van der Waals surface area contributed by atoms with Crippen LogP contribution in [0, 0.1) is 12.7 Å². The molecule has 0 atom stereocenters. The van der Waals surface area contributed by atoms with E-state index < -0.39 is 0 Å². The molecule has 0 bridgehead atoms. The number of carbonyl (C=O) groups excluding carboxylic acids is 1. The number of halogens is 1. The van der Waals surface area contributed by atoms with Gasteiger partial charge in [0.25, 0.3) is 5.91 Å². The van der Waals surface area contributed by atoms with Gasteiger partial charge in [-0.15, -0.1) is 0 Å². The number of hydrogen-bond donors (Lipinski definition) is 1. The Balaban J connectivity index is 2.26. The van der Waals surface area contributed by atoms with Gasteiger partial charge in [-0.05, 0) is 57.4 Å². The molecule has 0 aliphatic carbocycles. The fraction of sp³-hybridized carbons (Fsp3) is 0.533. The molecule has 1 N–H and O–H groups in total. The molecule has 4 heteroatoms. The second-order valence-corrected chi connectivity index (χ2v) is 4.85. The Morgan fingerprint density at radius 3 is 2.74 bits per heavy atom. The number of nitrogens with one attached hydrogen (secondary N) is 1. The van der Waals surface area contributed by atoms with Gasteiger partial charge < -0.3 is 10.1 Å². The van der Waals surface area contributed by atoms with Gasteiger partial charge >= 0.3 is 0 Å². The van der Waals surface area contributed by atoms with Crippen molar-refractivity contribution >= 4 is 5.91 Å². The summed E-state index contributed by atoms with van der Waals surface area (Å²) in [6, 6.07) is 4.38. The Kier molecular flexibility index (Phi) is 6.50. The van der Waals surface area contributed by atoms with Crippen LogP contribution >= 0.6 is 0 Å². The summed E-state index contributed by atoms with van der Waals surface area (Å²) in [5.41, 5.74) is 0.982. The van der Waals surface area contributed by atoms with Crippen LogP contribution in [0.2, 0.25) is 0 Å². The van der Waals surface area contributed by atoms with E-state index in [1.807, 2.05) is 13.8 Å². The first-order valence-electron chi connectivity index (χ1n) is 6.66. The van der Waals surface area contributed by atoms with Gasteiger partial charge in [0.2, 0.25) is 0 Å². The van der Waals surface area contributed by atoms with Crippen molar-refractivity contribution in [3.05, 3.63) is 35.1 Å². The van der Waals surface area contributed by atoms with E-state index in [1.165, 1.54) is 12.1 Å². The van der Waals surface area contributed by atoms with Gasteiger partial charge in [-0.1, -0.05) is 0 Å². The van der Waals surface area contributed by atoms with Crippen molar-refractivity contribution in [3.8, 4) is 0 Å². The minimum absolute atomic E-state index is 0.159. The third kappa shape index (κ3) is 5.83. The summed E-state index contributed by atoms with van der Waals surface area (Å²) in [5, 5.41) is 2.82. The molecule has 1 aromatic rings. The lowest BCUT2D eigenvalue weighted by Gasteiger charge is -2.08. The molecular formula is C15H22FNO2. The molecule has 3 nitrogen and oxygen atoms in total. The number of benzene rings is 1. The molecule has 1 amide bonds. The van der Waals surface area contributed by atoms with E-state index in [9.17, 15) is 9.18 Å². The van der Waals surface area contributed by atoms with Crippen LogP contribution in [-0.4, -0.2) is 25.2 Å². The topological polar surface area (TPSA) is 38.3 Å². The van der Waals surface area contributed by atoms with E-state index in [-0.39, 0.29) is 17.8 Å². The molecule has 0 aromatic heterocycles. The molecule has 0 spiro atoms. The lowest BCUT2D eigenvalue weighted by atomic mass is 10.1. The lowest BCUT2D eigenvalue weighted by molar-refractivity contribution is 0.0754. The van der Waals surface area contributed by atoms with Gasteiger partial charge in [0.15, 0.2) is 0 Å². The Bertz CT molecular complexity index is 419. The highest BCUT2D eigenvalue weighted by atomic mass is 19.1. The van der Waals surface area contributed by atoms with Gasteiger partial charge in [-0.2, -0.15) is 0 Å². The first-order valence-corrected chi connectivity index (χ1v) is 6.66. The average molecular weight is 267 g/mol. The normalized spacial score (nSPS) is 10.8. The molecule has 0 fully saturated rings. The van der Waals surface area contributed by atoms with Crippen LogP contribution in [0.4, 0.5) is 4.39 Å². The maximum atomic E-state index is 13.1. The number of carbonyl (C=O) groups is 1. The number of ether oxygens (including phenoxy) is 1. The zero-order chi connectivity index (χ0) is 14.3. The SMILES string of the molecule is Cc1cc(C(=O)NCCCCOC(C)C)ccc1F. The highest BCUT2D eigenvalue weighted by molar-refractivity contribution is 5.94. The molecule has 0 aliphatic heterocycles. The Hall–Kier alpha value is -1.42. The van der Waals surface area contributed by atoms with Crippen molar-refractivity contribution in [1.29, 1.82) is 0 Å². The number of unbranched alkanes of at least 4 members (excludes halogenated alkanes) is 1. The van der Waals surface area contributed by atoms with Crippen molar-refractivity contribution in [3.63, 3.8) is 0 Å². The van der Waals surface area contributed by atoms with Crippen molar-refractivity contribution in [2.24, 2.45) is 0 Å². The largest absolute Gasteiger partial charge is 0.379 e. The van der Waals surface area contributed by atoms with Gasteiger partial charge in [0, 0.05) is 18.7 Å². The summed E-state index contributed by atoms with van der Waals surface area (Å²) in [7, 11) is 0. The summed E-state index contributed by atoms with van der Waals surface area (Å²) in [6.07, 6.45) is 2.04. The molecule has 106 valence electrons. The Morgan fingerprint density at radius 1 is 1.37 bits per heavy atom. The van der Waals surface area contributed by atoms with Crippen LogP contribution in [0.3, 0.4) is 0 Å². The van der Waals surface area contributed by atoms with Gasteiger partial charge in [-0.3, -0.25) is 4.79 Å². The number of hydrogen-bond acceptors (Lipinski definition) is 2. The Labute approximate surface area is 114 Å². The van der Waals surface area contributed by atoms with E-state index in [0.717, 1.165) is 12.8 Å². The lowest BCUT2D eigenvalue weighted by Crippen LogP contribution is -2.24. The van der Waals surface area contributed by atoms with Gasteiger partial charge in [0.1, 0.15) is 5.82 Å². The van der Waals surface area contributed by atoms with Crippen LogP contribution in [0.15, 0.2) is 18.2 Å². The maximum absolute atomic E-state index is 13.1. The zero-order valence-corrected chi connectivity index (χ0v) is 11.8. The molecule has 1 aromatic carbocycles. The Morgan fingerprint density at radius 2 is 2.11 bits per heavy atom. The molecule has 0 radical (unpaired) electrons. The van der Waals surface area contributed by atoms with E-state index in [0.29, 0.717) is 24.3 Å². The van der Waals surface area contributed by atoms with E-state index >= 15 is 0 Å². The summed E-state index contributed by atoms with van der Waals surface area (Å²) in [5.74, 6) is -0.449. The maximum Gasteiger partial charge on any atom is 0.251 e. The predicted molar refractivity (Wildman–Crippen MR) is 73.8 cm³/mol. The smallest absolute Gasteiger partial charge is 0.251 e. The van der Waals surface area contributed by atoms with Crippen molar-refractivity contribution < 1.29 is 13.9 Å². The summed E-state index contributed by atoms with van der Waals surface area (Å²) < 4.78 is 18.5. The van der Waals surface area contributed by atoms with Crippen LogP contribution in [0.1, 0.15) is 42.6 Å². The fourth-order valence-corrected chi connectivity index (χ4v) is 1.64. The van der Waals surface area contributed by atoms with Crippen molar-refractivity contribution in [2.75, 3.05) is 13.2 Å². The molecule has 1 rings (SSSR count). The highest BCUT2D eigenvalue weighted by Gasteiger charge is 2.06. The molecule has 0 heterocycles. The summed E-state index contributed by atoms with van der Waals surface area (Å²) >= 11 is 0. The zero-order valence-electron chi connectivity index (χ0n) is 11.8. The molecule has 0 saturated carbocycles. The third-order valence-corrected chi connectivity index (χ3v) is 2.73. The van der Waals surface area contributed by atoms with Crippen LogP contribution < -0.4 is 5.32 Å². The predicted octanol–water partition coefficient (Wildman–Crippen LogP) is 3.07. The first kappa shape index (κ1) is 15.6. The monoisotopic (exact) mass is 267 g/mol. The third-order valence-electron chi connectivity index (χ3n) is 2.73. The molecule has 0 unspecified atom stereocenters. The second kappa shape index (κ2) is 7.89. The fourth-order valence-electron chi connectivity index (χ4n) is 1.64. The summed E-state index contributed by atoms with van der Waals surface area (Å²) in [4.78, 5) is 11.8. The van der Waals surface area contributed by atoms with Crippen LogP contribution in [-0.2, 0) is 4.74 Å². The molecule has 19 heavy (non-hydrogen) atoms. The van der Waals surface area contributed by atoms with E-state index in [1.54, 1.807) is 13.0 Å². The average Bonchev–Trinajstić information content (AvgIpc) is 2.36. The molecule has 0 aliphatic rings. The minimum Gasteiger partial charge on any atom is -0.379 e. The number of rotatable bonds is 7. The molecular weight excluding hydrogens is 245 g/mol. The molecule has 0 saturated heterocycles. The van der Waals surface area contributed by atoms with E-state index in [2.05, 4.69) is 5.32 Å². The van der Waals surface area contributed by atoms with Crippen LogP contribution in [0.5, 0.6) is 0 Å². The second-order valence-electron chi connectivity index (χ2n) is 4.85. The van der Waals surface area contributed by atoms with Crippen LogP contribution in [0.25, 0.3) is 0 Å². The number of amides is 1. The van der Waals surface area contributed by atoms with Crippen molar-refractivity contribution in [2.45, 2.75) is 39.7 Å². The minimum atomic E-state index is -0.289. The first-order chi connectivity index (χ1) is 9.00. The van der Waals surface area contributed by atoms with Gasteiger partial charge in [0.05, 0.1) is 6.10 Å². The highest BCUT2D eigenvalue weighted by Crippen LogP contribution is 2.09. The van der Waals surface area contributed by atoms with Gasteiger partial charge in [-0.25, -0.2) is 4.39 Å². The standard InChI is InChI=1S/C15H22FNO2/c1-11(2)19-9-5-4-8-17-15(18)13-6-7-14(16)12(3)10-13/h6-7,10-11H,4-5,8-9H2,1-3H3,(H,17,18). The quantitative estimate of drug-likeness (QED) is 0.771.